The predicted molar refractivity (Wildman–Crippen MR) is 84.7 cm³/mol. The van der Waals surface area contributed by atoms with Gasteiger partial charge in [0.15, 0.2) is 0 Å². The fourth-order valence-corrected chi connectivity index (χ4v) is 2.36. The maximum Gasteiger partial charge on any atom is 0.119 e. The van der Waals surface area contributed by atoms with E-state index in [1.165, 1.54) is 0 Å². The first kappa shape index (κ1) is 15.2. The smallest absolute Gasteiger partial charge is 0.119 e. The van der Waals surface area contributed by atoms with E-state index in [-0.39, 0.29) is 6.04 Å². The third kappa shape index (κ3) is 3.89. The van der Waals surface area contributed by atoms with E-state index in [0.29, 0.717) is 23.1 Å². The lowest BCUT2D eigenvalue weighted by Gasteiger charge is -2.14. The molecule has 0 saturated heterocycles. The van der Waals surface area contributed by atoms with E-state index >= 15 is 0 Å². The van der Waals surface area contributed by atoms with E-state index in [1.807, 2.05) is 43.3 Å². The largest absolute Gasteiger partial charge is 0.494 e. The van der Waals surface area contributed by atoms with Gasteiger partial charge in [-0.05, 0) is 48.7 Å². The van der Waals surface area contributed by atoms with Crippen molar-refractivity contribution >= 4 is 23.2 Å². The van der Waals surface area contributed by atoms with Crippen LogP contribution < -0.4 is 10.5 Å². The average Bonchev–Trinajstić information content (AvgIpc) is 2.43. The maximum atomic E-state index is 6.25. The molecule has 0 bridgehead atoms. The van der Waals surface area contributed by atoms with Gasteiger partial charge in [0, 0.05) is 6.04 Å². The van der Waals surface area contributed by atoms with Gasteiger partial charge in [0.2, 0.25) is 0 Å². The summed E-state index contributed by atoms with van der Waals surface area (Å²) in [5.74, 6) is 0.842. The third-order valence-corrected chi connectivity index (χ3v) is 3.78. The highest BCUT2D eigenvalue weighted by atomic mass is 35.5. The molecule has 0 heterocycles. The molecule has 2 aromatic rings. The summed E-state index contributed by atoms with van der Waals surface area (Å²) >= 11 is 11.9. The molecule has 0 aliphatic carbocycles. The molecule has 0 aromatic heterocycles. The number of benzene rings is 2. The van der Waals surface area contributed by atoms with E-state index in [9.17, 15) is 0 Å². The SMILES string of the molecule is CCOc1cccc(C(N)Cc2ccc(Cl)c(Cl)c2)c1. The lowest BCUT2D eigenvalue weighted by molar-refractivity contribution is 0.339. The van der Waals surface area contributed by atoms with E-state index in [2.05, 4.69) is 0 Å². The molecule has 0 radical (unpaired) electrons. The van der Waals surface area contributed by atoms with Crippen molar-refractivity contribution in [1.29, 1.82) is 0 Å². The van der Waals surface area contributed by atoms with Crippen molar-refractivity contribution < 1.29 is 4.74 Å². The highest BCUT2D eigenvalue weighted by molar-refractivity contribution is 6.42. The first-order valence-corrected chi connectivity index (χ1v) is 7.28. The molecule has 0 fully saturated rings. The van der Waals surface area contributed by atoms with Crippen LogP contribution in [0.25, 0.3) is 0 Å². The summed E-state index contributed by atoms with van der Waals surface area (Å²) in [6.45, 7) is 2.60. The lowest BCUT2D eigenvalue weighted by atomic mass is 9.99. The van der Waals surface area contributed by atoms with Gasteiger partial charge in [-0.25, -0.2) is 0 Å². The Hall–Kier alpha value is -1.22. The van der Waals surface area contributed by atoms with E-state index in [4.69, 9.17) is 33.7 Å². The minimum Gasteiger partial charge on any atom is -0.494 e. The quantitative estimate of drug-likeness (QED) is 0.873. The fraction of sp³-hybridized carbons (Fsp3) is 0.250. The molecule has 0 aliphatic heterocycles. The summed E-state index contributed by atoms with van der Waals surface area (Å²) in [7, 11) is 0. The van der Waals surface area contributed by atoms with Gasteiger partial charge in [-0.2, -0.15) is 0 Å². The molecule has 0 aliphatic rings. The van der Waals surface area contributed by atoms with E-state index < -0.39 is 0 Å². The van der Waals surface area contributed by atoms with Gasteiger partial charge in [0.05, 0.1) is 16.7 Å². The van der Waals surface area contributed by atoms with Crippen LogP contribution in [0.5, 0.6) is 5.75 Å². The molecule has 1 atom stereocenters. The van der Waals surface area contributed by atoms with Gasteiger partial charge in [-0.15, -0.1) is 0 Å². The van der Waals surface area contributed by atoms with Crippen LogP contribution in [0.15, 0.2) is 42.5 Å². The standard InChI is InChI=1S/C16H17Cl2NO/c1-2-20-13-5-3-4-12(10-13)16(19)9-11-6-7-14(17)15(18)8-11/h3-8,10,16H,2,9,19H2,1H3. The van der Waals surface area contributed by atoms with Crippen LogP contribution >= 0.6 is 23.2 Å². The third-order valence-electron chi connectivity index (χ3n) is 3.04. The topological polar surface area (TPSA) is 35.2 Å². The second-order valence-corrected chi connectivity index (χ2v) is 5.38. The second-order valence-electron chi connectivity index (χ2n) is 4.56. The summed E-state index contributed by atoms with van der Waals surface area (Å²) in [5.41, 5.74) is 8.36. The Balaban J connectivity index is 2.12. The van der Waals surface area contributed by atoms with Crippen molar-refractivity contribution in [2.45, 2.75) is 19.4 Å². The highest BCUT2D eigenvalue weighted by Crippen LogP contribution is 2.26. The summed E-state index contributed by atoms with van der Waals surface area (Å²) in [4.78, 5) is 0. The molecule has 2 N–H and O–H groups in total. The summed E-state index contributed by atoms with van der Waals surface area (Å²) in [6, 6.07) is 13.4. The molecule has 2 rings (SSSR count). The van der Waals surface area contributed by atoms with Crippen molar-refractivity contribution in [2.24, 2.45) is 5.73 Å². The Labute approximate surface area is 129 Å². The number of halogens is 2. The van der Waals surface area contributed by atoms with E-state index in [1.54, 1.807) is 6.07 Å². The minimum absolute atomic E-state index is 0.104. The number of hydrogen-bond donors (Lipinski definition) is 1. The van der Waals surface area contributed by atoms with Gasteiger partial charge >= 0.3 is 0 Å². The Kier molecular flexibility index (Phi) is 5.30. The number of hydrogen-bond acceptors (Lipinski definition) is 2. The monoisotopic (exact) mass is 309 g/mol. The molecule has 2 nitrogen and oxygen atoms in total. The summed E-state index contributed by atoms with van der Waals surface area (Å²) in [6.07, 6.45) is 0.701. The van der Waals surface area contributed by atoms with Crippen molar-refractivity contribution in [3.63, 3.8) is 0 Å². The van der Waals surface area contributed by atoms with Crippen LogP contribution in [-0.4, -0.2) is 6.61 Å². The van der Waals surface area contributed by atoms with E-state index in [0.717, 1.165) is 16.9 Å². The van der Waals surface area contributed by atoms with Gasteiger partial charge in [-0.3, -0.25) is 0 Å². The van der Waals surface area contributed by atoms with Crippen LogP contribution in [0, 0.1) is 0 Å². The Morgan fingerprint density at radius 3 is 2.60 bits per heavy atom. The Morgan fingerprint density at radius 1 is 1.10 bits per heavy atom. The van der Waals surface area contributed by atoms with Crippen LogP contribution in [0.2, 0.25) is 10.0 Å². The van der Waals surface area contributed by atoms with Crippen molar-refractivity contribution in [3.8, 4) is 5.75 Å². The van der Waals surface area contributed by atoms with Crippen molar-refractivity contribution in [3.05, 3.63) is 63.6 Å². The Bertz CT molecular complexity index is 586. The lowest BCUT2D eigenvalue weighted by Crippen LogP contribution is -2.13. The number of ether oxygens (including phenoxy) is 1. The van der Waals surface area contributed by atoms with Gasteiger partial charge in [-0.1, -0.05) is 41.4 Å². The predicted octanol–water partition coefficient (Wildman–Crippen LogP) is 4.63. The second kappa shape index (κ2) is 6.98. The van der Waals surface area contributed by atoms with Gasteiger partial charge < -0.3 is 10.5 Å². The first-order valence-electron chi connectivity index (χ1n) is 6.52. The van der Waals surface area contributed by atoms with Gasteiger partial charge in [0.1, 0.15) is 5.75 Å². The zero-order chi connectivity index (χ0) is 14.5. The van der Waals surface area contributed by atoms with Crippen LogP contribution in [-0.2, 0) is 6.42 Å². The zero-order valence-electron chi connectivity index (χ0n) is 11.3. The first-order chi connectivity index (χ1) is 9.60. The molecule has 0 amide bonds. The highest BCUT2D eigenvalue weighted by Gasteiger charge is 2.09. The maximum absolute atomic E-state index is 6.25. The number of rotatable bonds is 5. The molecule has 0 spiro atoms. The van der Waals surface area contributed by atoms with Crippen LogP contribution in [0.4, 0.5) is 0 Å². The summed E-state index contributed by atoms with van der Waals surface area (Å²) < 4.78 is 5.49. The molecular formula is C16H17Cl2NO. The molecular weight excluding hydrogens is 293 g/mol. The van der Waals surface area contributed by atoms with Gasteiger partial charge in [0.25, 0.3) is 0 Å². The normalized spacial score (nSPS) is 12.2. The van der Waals surface area contributed by atoms with Crippen molar-refractivity contribution in [2.75, 3.05) is 6.61 Å². The van der Waals surface area contributed by atoms with Crippen LogP contribution in [0.3, 0.4) is 0 Å². The summed E-state index contributed by atoms with van der Waals surface area (Å²) in [5, 5.41) is 1.11. The molecule has 4 heteroatoms. The molecule has 20 heavy (non-hydrogen) atoms. The molecule has 0 saturated carbocycles. The average molecular weight is 310 g/mol. The zero-order valence-corrected chi connectivity index (χ0v) is 12.8. The fourth-order valence-electron chi connectivity index (χ4n) is 2.04. The van der Waals surface area contributed by atoms with Crippen LogP contribution in [0.1, 0.15) is 24.1 Å². The minimum atomic E-state index is -0.104. The Morgan fingerprint density at radius 2 is 1.90 bits per heavy atom. The molecule has 106 valence electrons. The molecule has 1 unspecified atom stereocenters. The van der Waals surface area contributed by atoms with Crippen molar-refractivity contribution in [1.82, 2.24) is 0 Å². The molecule has 2 aromatic carbocycles. The number of nitrogens with two attached hydrogens (primary N) is 1.